The maximum atomic E-state index is 13.4. The van der Waals surface area contributed by atoms with E-state index < -0.39 is 0 Å². The Bertz CT molecular complexity index is 1240. The monoisotopic (exact) mass is 443 g/mol. The molecule has 0 aliphatic carbocycles. The average molecular weight is 444 g/mol. The summed E-state index contributed by atoms with van der Waals surface area (Å²) in [6, 6.07) is 19.0. The Kier molecular flexibility index (Phi) is 5.69. The molecule has 2 aromatic carbocycles. The van der Waals surface area contributed by atoms with Crippen LogP contribution in [0, 0.1) is 0 Å². The van der Waals surface area contributed by atoms with Crippen molar-refractivity contribution in [3.8, 4) is 11.4 Å². The molecule has 1 unspecified atom stereocenters. The van der Waals surface area contributed by atoms with Crippen LogP contribution in [0.4, 0.5) is 0 Å². The molecule has 7 heteroatoms. The van der Waals surface area contributed by atoms with Crippen LogP contribution in [0.2, 0.25) is 5.02 Å². The van der Waals surface area contributed by atoms with Gasteiger partial charge in [-0.25, -0.2) is 9.97 Å². The number of halogens is 1. The molecule has 0 N–H and O–H groups in total. The van der Waals surface area contributed by atoms with E-state index in [1.54, 1.807) is 12.4 Å². The molecular weight excluding hydrogens is 422 g/mol. The van der Waals surface area contributed by atoms with Gasteiger partial charge in [0.1, 0.15) is 0 Å². The quantitative estimate of drug-likeness (QED) is 0.434. The molecule has 0 saturated carbocycles. The first kappa shape index (κ1) is 20.4. The van der Waals surface area contributed by atoms with E-state index in [0.29, 0.717) is 29.5 Å². The molecule has 0 spiro atoms. The molecule has 5 rings (SSSR count). The zero-order valence-corrected chi connectivity index (χ0v) is 18.2. The summed E-state index contributed by atoms with van der Waals surface area (Å²) in [5, 5.41) is 4.90. The van der Waals surface area contributed by atoms with Crippen molar-refractivity contribution < 1.29 is 4.79 Å². The summed E-state index contributed by atoms with van der Waals surface area (Å²) in [6.07, 6.45) is 7.25. The second-order valence-corrected chi connectivity index (χ2v) is 8.31. The SMILES string of the molecule is O=C(c1cccc(Cn2cccn2)c1)N1CCCC1c1ccnc(-c2cccc(Cl)c2)n1. The van der Waals surface area contributed by atoms with Crippen molar-refractivity contribution in [2.75, 3.05) is 6.54 Å². The Morgan fingerprint density at radius 1 is 1.06 bits per heavy atom. The first-order valence-corrected chi connectivity index (χ1v) is 11.0. The van der Waals surface area contributed by atoms with E-state index in [1.807, 2.05) is 76.4 Å². The molecule has 1 aliphatic heterocycles. The van der Waals surface area contributed by atoms with E-state index in [4.69, 9.17) is 16.6 Å². The Hall–Kier alpha value is -3.51. The van der Waals surface area contributed by atoms with Gasteiger partial charge in [-0.3, -0.25) is 9.48 Å². The standard InChI is InChI=1S/C25H22ClN5O/c26-21-8-2-6-19(16-21)24-27-12-10-22(29-24)23-9-3-14-31(23)25(32)20-7-1-5-18(15-20)17-30-13-4-11-28-30/h1-2,4-8,10-13,15-16,23H,3,9,14,17H2. The third kappa shape index (κ3) is 4.27. The van der Waals surface area contributed by atoms with Crippen LogP contribution >= 0.6 is 11.6 Å². The van der Waals surface area contributed by atoms with Gasteiger partial charge in [0.2, 0.25) is 0 Å². The molecule has 3 heterocycles. The van der Waals surface area contributed by atoms with Crippen molar-refractivity contribution in [2.45, 2.75) is 25.4 Å². The highest BCUT2D eigenvalue weighted by Crippen LogP contribution is 2.33. The molecular formula is C25H22ClN5O. The maximum Gasteiger partial charge on any atom is 0.254 e. The number of hydrogen-bond acceptors (Lipinski definition) is 4. The lowest BCUT2D eigenvalue weighted by atomic mass is 10.1. The summed E-state index contributed by atoms with van der Waals surface area (Å²) in [7, 11) is 0. The third-order valence-corrected chi connectivity index (χ3v) is 5.93. The highest BCUT2D eigenvalue weighted by Gasteiger charge is 2.32. The van der Waals surface area contributed by atoms with Gasteiger partial charge in [0.15, 0.2) is 5.82 Å². The fraction of sp³-hybridized carbons (Fsp3) is 0.200. The smallest absolute Gasteiger partial charge is 0.254 e. The lowest BCUT2D eigenvalue weighted by Gasteiger charge is -2.25. The Balaban J connectivity index is 1.39. The van der Waals surface area contributed by atoms with E-state index in [0.717, 1.165) is 29.7 Å². The zero-order valence-electron chi connectivity index (χ0n) is 17.4. The fourth-order valence-electron chi connectivity index (χ4n) is 4.19. The predicted octanol–water partition coefficient (Wildman–Crippen LogP) is 5.02. The minimum Gasteiger partial charge on any atom is -0.330 e. The summed E-state index contributed by atoms with van der Waals surface area (Å²) in [5.74, 6) is 0.642. The van der Waals surface area contributed by atoms with E-state index in [2.05, 4.69) is 10.1 Å². The molecule has 160 valence electrons. The van der Waals surface area contributed by atoms with Gasteiger partial charge in [0, 0.05) is 41.3 Å². The summed E-state index contributed by atoms with van der Waals surface area (Å²) < 4.78 is 1.85. The van der Waals surface area contributed by atoms with Gasteiger partial charge in [-0.1, -0.05) is 35.9 Å². The van der Waals surface area contributed by atoms with Gasteiger partial charge < -0.3 is 4.90 Å². The minimum absolute atomic E-state index is 0.0257. The van der Waals surface area contributed by atoms with Crippen LogP contribution < -0.4 is 0 Å². The Labute approximate surface area is 191 Å². The second-order valence-electron chi connectivity index (χ2n) is 7.88. The topological polar surface area (TPSA) is 63.9 Å². The van der Waals surface area contributed by atoms with Crippen molar-refractivity contribution in [1.29, 1.82) is 0 Å². The summed E-state index contributed by atoms with van der Waals surface area (Å²) in [4.78, 5) is 24.6. The fourth-order valence-corrected chi connectivity index (χ4v) is 4.38. The molecule has 2 aromatic heterocycles. The van der Waals surface area contributed by atoms with Gasteiger partial charge in [-0.05, 0) is 54.8 Å². The maximum absolute atomic E-state index is 13.4. The number of rotatable bonds is 5. The number of carbonyl (C=O) groups excluding carboxylic acids is 1. The minimum atomic E-state index is -0.0711. The van der Waals surface area contributed by atoms with Gasteiger partial charge in [-0.2, -0.15) is 5.10 Å². The summed E-state index contributed by atoms with van der Waals surface area (Å²) in [5.41, 5.74) is 3.45. The number of hydrogen-bond donors (Lipinski definition) is 0. The Morgan fingerprint density at radius 2 is 1.97 bits per heavy atom. The van der Waals surface area contributed by atoms with E-state index in [9.17, 15) is 4.79 Å². The van der Waals surface area contributed by atoms with E-state index in [1.165, 1.54) is 0 Å². The van der Waals surface area contributed by atoms with Crippen molar-refractivity contribution >= 4 is 17.5 Å². The van der Waals surface area contributed by atoms with Crippen LogP contribution in [0.1, 0.15) is 40.5 Å². The van der Waals surface area contributed by atoms with Crippen LogP contribution in [0.25, 0.3) is 11.4 Å². The summed E-state index contributed by atoms with van der Waals surface area (Å²) >= 11 is 6.14. The highest BCUT2D eigenvalue weighted by atomic mass is 35.5. The van der Waals surface area contributed by atoms with E-state index in [-0.39, 0.29) is 11.9 Å². The first-order chi connectivity index (χ1) is 15.7. The molecule has 0 radical (unpaired) electrons. The molecule has 32 heavy (non-hydrogen) atoms. The predicted molar refractivity (Wildman–Crippen MR) is 123 cm³/mol. The molecule has 1 aliphatic rings. The zero-order chi connectivity index (χ0) is 21.9. The van der Waals surface area contributed by atoms with Gasteiger partial charge in [-0.15, -0.1) is 0 Å². The number of benzene rings is 2. The number of likely N-dealkylation sites (tertiary alicyclic amines) is 1. The van der Waals surface area contributed by atoms with E-state index >= 15 is 0 Å². The van der Waals surface area contributed by atoms with Crippen LogP contribution in [0.3, 0.4) is 0 Å². The third-order valence-electron chi connectivity index (χ3n) is 5.69. The summed E-state index contributed by atoms with van der Waals surface area (Å²) in [6.45, 7) is 1.34. The van der Waals surface area contributed by atoms with Crippen molar-refractivity contribution in [1.82, 2.24) is 24.6 Å². The number of carbonyl (C=O) groups is 1. The van der Waals surface area contributed by atoms with Gasteiger partial charge in [0.05, 0.1) is 18.3 Å². The van der Waals surface area contributed by atoms with Crippen molar-refractivity contribution in [3.05, 3.63) is 101 Å². The molecule has 1 amide bonds. The average Bonchev–Trinajstić information content (AvgIpc) is 3.51. The lowest BCUT2D eigenvalue weighted by molar-refractivity contribution is 0.0732. The van der Waals surface area contributed by atoms with Crippen LogP contribution in [0.15, 0.2) is 79.3 Å². The molecule has 1 fully saturated rings. The second kappa shape index (κ2) is 8.93. The molecule has 1 saturated heterocycles. The Morgan fingerprint density at radius 3 is 2.81 bits per heavy atom. The molecule has 1 atom stereocenters. The van der Waals surface area contributed by atoms with Crippen molar-refractivity contribution in [2.24, 2.45) is 0 Å². The van der Waals surface area contributed by atoms with Crippen LogP contribution in [0.5, 0.6) is 0 Å². The van der Waals surface area contributed by atoms with Crippen molar-refractivity contribution in [3.63, 3.8) is 0 Å². The highest BCUT2D eigenvalue weighted by molar-refractivity contribution is 6.30. The number of nitrogens with zero attached hydrogens (tertiary/aromatic N) is 5. The van der Waals surface area contributed by atoms with Gasteiger partial charge in [0.25, 0.3) is 5.91 Å². The van der Waals surface area contributed by atoms with Crippen LogP contribution in [-0.4, -0.2) is 37.1 Å². The number of amides is 1. The van der Waals surface area contributed by atoms with Crippen LogP contribution in [-0.2, 0) is 6.54 Å². The normalized spacial score (nSPS) is 15.8. The largest absolute Gasteiger partial charge is 0.330 e. The van der Waals surface area contributed by atoms with Gasteiger partial charge >= 0.3 is 0 Å². The molecule has 0 bridgehead atoms. The lowest BCUT2D eigenvalue weighted by Crippen LogP contribution is -2.31. The molecule has 6 nitrogen and oxygen atoms in total. The number of aromatic nitrogens is 4. The molecule has 4 aromatic rings. The first-order valence-electron chi connectivity index (χ1n) is 10.6.